The second-order valence-corrected chi connectivity index (χ2v) is 4.23. The predicted octanol–water partition coefficient (Wildman–Crippen LogP) is 0.825. The van der Waals surface area contributed by atoms with Gasteiger partial charge in [-0.05, 0) is 23.3 Å². The number of hydrogen-bond donors (Lipinski definition) is 0. The molecule has 2 nitrogen and oxygen atoms in total. The molecule has 1 aromatic rings. The fourth-order valence-electron chi connectivity index (χ4n) is 2.45. The maximum atomic E-state index is 12.0. The van der Waals surface area contributed by atoms with E-state index in [0.717, 1.165) is 34.6 Å². The molecule has 0 amide bonds. The summed E-state index contributed by atoms with van der Waals surface area (Å²) in [5.74, 6) is 0.257. The zero-order valence-electron chi connectivity index (χ0n) is 9.07. The van der Waals surface area contributed by atoms with Crippen LogP contribution < -0.4 is 10.4 Å². The summed E-state index contributed by atoms with van der Waals surface area (Å²) in [6.45, 7) is 0.698. The van der Waals surface area contributed by atoms with Crippen LogP contribution >= 0.6 is 0 Å². The summed E-state index contributed by atoms with van der Waals surface area (Å²) in [4.78, 5) is 16.5. The summed E-state index contributed by atoms with van der Waals surface area (Å²) in [5, 5.41) is 2.22. The Hall–Kier alpha value is -1.70. The van der Waals surface area contributed by atoms with Crippen molar-refractivity contribution in [3.63, 3.8) is 0 Å². The largest absolute Gasteiger partial charge is 0.294 e. The molecule has 1 heterocycles. The summed E-state index contributed by atoms with van der Waals surface area (Å²) in [6, 6.07) is 8.09. The van der Waals surface area contributed by atoms with Gasteiger partial charge in [0, 0.05) is 17.7 Å². The average molecular weight is 211 g/mol. The zero-order valence-corrected chi connectivity index (χ0v) is 9.07. The summed E-state index contributed by atoms with van der Waals surface area (Å²) >= 11 is 0. The molecular weight excluding hydrogens is 198 g/mol. The molecule has 0 saturated heterocycles. The van der Waals surface area contributed by atoms with Gasteiger partial charge in [0.1, 0.15) is 0 Å². The Bertz CT molecular complexity index is 595. The molecular formula is C14H13NO. The lowest BCUT2D eigenvalue weighted by Crippen LogP contribution is -2.33. The van der Waals surface area contributed by atoms with E-state index in [9.17, 15) is 4.79 Å². The summed E-state index contributed by atoms with van der Waals surface area (Å²) < 4.78 is 0. The number of Topliss-reactive ketones (excluding diaryl/α,β-unsaturated/α-hetero) is 1. The highest BCUT2D eigenvalue weighted by Gasteiger charge is 2.22. The maximum absolute atomic E-state index is 12.0. The Morgan fingerprint density at radius 3 is 2.94 bits per heavy atom. The highest BCUT2D eigenvalue weighted by molar-refractivity contribution is 6.44. The molecule has 0 spiro atoms. The van der Waals surface area contributed by atoms with E-state index in [1.54, 1.807) is 0 Å². The molecule has 1 fully saturated rings. The van der Waals surface area contributed by atoms with Gasteiger partial charge < -0.3 is 0 Å². The van der Waals surface area contributed by atoms with Crippen molar-refractivity contribution in [2.24, 2.45) is 4.99 Å². The molecule has 0 bridgehead atoms. The molecule has 1 saturated carbocycles. The van der Waals surface area contributed by atoms with Crippen LogP contribution in [-0.2, 0) is 4.79 Å². The number of aliphatic imine (C=N–C) groups is 1. The summed E-state index contributed by atoms with van der Waals surface area (Å²) in [5.41, 5.74) is 1.88. The third-order valence-corrected chi connectivity index (χ3v) is 3.21. The Kier molecular flexibility index (Phi) is 2.21. The number of rotatable bonds is 0. The molecule has 3 rings (SSSR count). The molecule has 16 heavy (non-hydrogen) atoms. The standard InChI is InChI=1S/C14H13NO/c16-13-7-3-6-12-14(13)11-5-2-1-4-10(11)8-9-15-12/h1-2,4-5,8H,3,6-7,9H2. The number of ketones is 1. The predicted molar refractivity (Wildman–Crippen MR) is 64.7 cm³/mol. The van der Waals surface area contributed by atoms with Gasteiger partial charge in [0.15, 0.2) is 5.78 Å². The van der Waals surface area contributed by atoms with Gasteiger partial charge >= 0.3 is 0 Å². The molecule has 2 aliphatic rings. The van der Waals surface area contributed by atoms with Crippen LogP contribution in [0.3, 0.4) is 0 Å². The van der Waals surface area contributed by atoms with Crippen LogP contribution in [0.5, 0.6) is 0 Å². The molecule has 1 aromatic carbocycles. The Labute approximate surface area is 94.0 Å². The quantitative estimate of drug-likeness (QED) is 0.625. The molecule has 1 aliphatic heterocycles. The van der Waals surface area contributed by atoms with E-state index in [0.29, 0.717) is 13.0 Å². The SMILES string of the molecule is O=C1CCCC2=NCC=c3ccccc3=C12. The minimum Gasteiger partial charge on any atom is -0.294 e. The van der Waals surface area contributed by atoms with Crippen molar-refractivity contribution < 1.29 is 4.79 Å². The first-order valence-electron chi connectivity index (χ1n) is 5.73. The van der Waals surface area contributed by atoms with E-state index in [1.807, 2.05) is 18.2 Å². The number of hydrogen-bond acceptors (Lipinski definition) is 2. The van der Waals surface area contributed by atoms with Crippen molar-refractivity contribution in [3.05, 3.63) is 34.7 Å². The second-order valence-electron chi connectivity index (χ2n) is 4.23. The van der Waals surface area contributed by atoms with Crippen molar-refractivity contribution in [1.82, 2.24) is 0 Å². The number of benzene rings is 1. The van der Waals surface area contributed by atoms with Gasteiger partial charge in [-0.3, -0.25) is 9.79 Å². The average Bonchev–Trinajstić information content (AvgIpc) is 2.49. The van der Waals surface area contributed by atoms with Gasteiger partial charge in [-0.25, -0.2) is 0 Å². The minimum absolute atomic E-state index is 0.257. The van der Waals surface area contributed by atoms with Gasteiger partial charge in [-0.15, -0.1) is 0 Å². The third kappa shape index (κ3) is 1.42. The van der Waals surface area contributed by atoms with Crippen molar-refractivity contribution in [2.45, 2.75) is 19.3 Å². The van der Waals surface area contributed by atoms with E-state index in [1.165, 1.54) is 0 Å². The molecule has 1 aliphatic carbocycles. The van der Waals surface area contributed by atoms with Crippen LogP contribution in [0.15, 0.2) is 29.3 Å². The second kappa shape index (κ2) is 3.71. The number of fused-ring (bicyclic) bond motifs is 2. The zero-order chi connectivity index (χ0) is 11.0. The van der Waals surface area contributed by atoms with E-state index in [-0.39, 0.29) is 5.78 Å². The molecule has 80 valence electrons. The van der Waals surface area contributed by atoms with Crippen molar-refractivity contribution in [2.75, 3.05) is 6.54 Å². The van der Waals surface area contributed by atoms with E-state index in [4.69, 9.17) is 0 Å². The lowest BCUT2D eigenvalue weighted by atomic mass is 9.89. The van der Waals surface area contributed by atoms with Crippen molar-refractivity contribution >= 4 is 23.1 Å². The van der Waals surface area contributed by atoms with Crippen LogP contribution in [-0.4, -0.2) is 18.0 Å². The number of nitrogens with zero attached hydrogens (tertiary/aromatic N) is 1. The summed E-state index contributed by atoms with van der Waals surface area (Å²) in [7, 11) is 0. The van der Waals surface area contributed by atoms with Crippen molar-refractivity contribution in [3.8, 4) is 0 Å². The van der Waals surface area contributed by atoms with Gasteiger partial charge in [-0.2, -0.15) is 0 Å². The van der Waals surface area contributed by atoms with E-state index in [2.05, 4.69) is 17.1 Å². The van der Waals surface area contributed by atoms with Crippen LogP contribution in [0.4, 0.5) is 0 Å². The first kappa shape index (κ1) is 9.52. The van der Waals surface area contributed by atoms with Gasteiger partial charge in [0.25, 0.3) is 0 Å². The van der Waals surface area contributed by atoms with Gasteiger partial charge in [0.2, 0.25) is 0 Å². The Balaban J connectivity index is 2.40. The third-order valence-electron chi connectivity index (χ3n) is 3.21. The maximum Gasteiger partial charge on any atom is 0.165 e. The Morgan fingerprint density at radius 2 is 2.00 bits per heavy atom. The molecule has 2 heteroatoms. The van der Waals surface area contributed by atoms with Crippen LogP contribution in [0.25, 0.3) is 11.6 Å². The fourth-order valence-corrected chi connectivity index (χ4v) is 2.45. The minimum atomic E-state index is 0.257. The van der Waals surface area contributed by atoms with Crippen LogP contribution in [0.2, 0.25) is 0 Å². The normalized spacial score (nSPS) is 19.1. The molecule has 0 aromatic heterocycles. The van der Waals surface area contributed by atoms with E-state index < -0.39 is 0 Å². The van der Waals surface area contributed by atoms with Crippen LogP contribution in [0, 0.1) is 0 Å². The first-order valence-corrected chi connectivity index (χ1v) is 5.73. The highest BCUT2D eigenvalue weighted by Crippen LogP contribution is 2.18. The number of carbonyl (C=O) groups is 1. The molecule has 0 unspecified atom stereocenters. The lowest BCUT2D eigenvalue weighted by molar-refractivity contribution is -0.113. The van der Waals surface area contributed by atoms with Crippen molar-refractivity contribution in [1.29, 1.82) is 0 Å². The number of carbonyl (C=O) groups excluding carboxylic acids is 1. The topological polar surface area (TPSA) is 29.4 Å². The first-order chi connectivity index (χ1) is 7.86. The molecule has 0 N–H and O–H groups in total. The highest BCUT2D eigenvalue weighted by atomic mass is 16.1. The molecule has 0 radical (unpaired) electrons. The van der Waals surface area contributed by atoms with Crippen LogP contribution in [0.1, 0.15) is 19.3 Å². The van der Waals surface area contributed by atoms with Gasteiger partial charge in [0.05, 0.1) is 6.54 Å². The molecule has 0 atom stereocenters. The fraction of sp³-hybridized carbons (Fsp3) is 0.286. The monoisotopic (exact) mass is 211 g/mol. The lowest BCUT2D eigenvalue weighted by Gasteiger charge is -2.15. The van der Waals surface area contributed by atoms with E-state index >= 15 is 0 Å². The smallest absolute Gasteiger partial charge is 0.165 e. The Morgan fingerprint density at radius 1 is 1.12 bits per heavy atom. The summed E-state index contributed by atoms with van der Waals surface area (Å²) in [6.07, 6.45) is 4.66. The van der Waals surface area contributed by atoms with Gasteiger partial charge in [-0.1, -0.05) is 30.3 Å².